The Kier molecular flexibility index (Phi) is 4.43. The third-order valence-corrected chi connectivity index (χ3v) is 6.66. The van der Waals surface area contributed by atoms with Gasteiger partial charge in [0, 0.05) is 21.9 Å². The van der Waals surface area contributed by atoms with Crippen molar-refractivity contribution in [1.82, 2.24) is 0 Å². The summed E-state index contributed by atoms with van der Waals surface area (Å²) < 4.78 is -0.321. The number of allylic oxidation sites excluding steroid dienone is 5. The van der Waals surface area contributed by atoms with Gasteiger partial charge in [0.1, 0.15) is 10.1 Å². The Balaban J connectivity index is 2.29. The lowest BCUT2D eigenvalue weighted by atomic mass is 9.62. The van der Waals surface area contributed by atoms with Crippen LogP contribution in [0.15, 0.2) is 58.6 Å². The summed E-state index contributed by atoms with van der Waals surface area (Å²) in [5.41, 5.74) is 1.85. The zero-order valence-corrected chi connectivity index (χ0v) is 16.2. The van der Waals surface area contributed by atoms with Gasteiger partial charge < -0.3 is 5.11 Å². The summed E-state index contributed by atoms with van der Waals surface area (Å²) in [7, 11) is 0. The first-order valence-electron chi connectivity index (χ1n) is 7.57. The van der Waals surface area contributed by atoms with Crippen molar-refractivity contribution in [3.05, 3.63) is 64.2 Å². The molecular weight excluding hydrogens is 436 g/mol. The van der Waals surface area contributed by atoms with Gasteiger partial charge in [-0.05, 0) is 48.8 Å². The highest BCUT2D eigenvalue weighted by Crippen LogP contribution is 2.55. The van der Waals surface area contributed by atoms with Crippen molar-refractivity contribution in [2.75, 3.05) is 0 Å². The van der Waals surface area contributed by atoms with Crippen molar-refractivity contribution >= 4 is 43.4 Å². The number of aromatic hydroxyl groups is 1. The van der Waals surface area contributed by atoms with E-state index in [1.165, 1.54) is 6.08 Å². The average Bonchev–Trinajstić information content (AvgIpc) is 2.54. The molecule has 3 nitrogen and oxygen atoms in total. The number of halogens is 2. The Hall–Kier alpha value is -1.46. The Morgan fingerprint density at radius 1 is 1.38 bits per heavy atom. The van der Waals surface area contributed by atoms with Gasteiger partial charge in [0.05, 0.1) is 0 Å². The van der Waals surface area contributed by atoms with E-state index >= 15 is 0 Å². The maximum atomic E-state index is 13.0. The molecule has 0 saturated heterocycles. The zero-order chi connectivity index (χ0) is 17.6. The summed E-state index contributed by atoms with van der Waals surface area (Å²) in [6.45, 7) is 5.51. The first-order chi connectivity index (χ1) is 11.3. The maximum absolute atomic E-state index is 13.0. The number of hydrogen-bond acceptors (Lipinski definition) is 3. The molecule has 0 bridgehead atoms. The SMILES string of the molecule is C=CC1=CC[C@H]2C(=O)C=C(C)C(=O)[C@@]2(Br)[C@H]1c1cc(Br)ccc1O. The molecular formula is C19H16Br2O3. The monoisotopic (exact) mass is 450 g/mol. The van der Waals surface area contributed by atoms with Crippen molar-refractivity contribution in [2.24, 2.45) is 5.92 Å². The van der Waals surface area contributed by atoms with Crippen LogP contribution in [0.2, 0.25) is 0 Å². The van der Waals surface area contributed by atoms with Crippen LogP contribution in [0, 0.1) is 5.92 Å². The number of carbonyl (C=O) groups excluding carboxylic acids is 2. The molecule has 1 aromatic rings. The molecule has 1 N–H and O–H groups in total. The van der Waals surface area contributed by atoms with Gasteiger partial charge >= 0.3 is 0 Å². The quantitative estimate of drug-likeness (QED) is 0.668. The van der Waals surface area contributed by atoms with Crippen LogP contribution in [-0.4, -0.2) is 21.0 Å². The van der Waals surface area contributed by atoms with Gasteiger partial charge in [0.25, 0.3) is 0 Å². The largest absolute Gasteiger partial charge is 0.508 e. The number of phenols is 1. The van der Waals surface area contributed by atoms with Gasteiger partial charge in [0.15, 0.2) is 11.6 Å². The van der Waals surface area contributed by atoms with E-state index in [0.717, 1.165) is 10.0 Å². The maximum Gasteiger partial charge on any atom is 0.177 e. The minimum atomic E-state index is -1.11. The van der Waals surface area contributed by atoms with E-state index in [1.807, 2.05) is 6.08 Å². The summed E-state index contributed by atoms with van der Waals surface area (Å²) in [6, 6.07) is 5.10. The first-order valence-corrected chi connectivity index (χ1v) is 9.16. The molecule has 0 radical (unpaired) electrons. The van der Waals surface area contributed by atoms with Crippen molar-refractivity contribution in [3.63, 3.8) is 0 Å². The van der Waals surface area contributed by atoms with Crippen molar-refractivity contribution in [3.8, 4) is 5.75 Å². The van der Waals surface area contributed by atoms with E-state index in [4.69, 9.17) is 0 Å². The Labute approximate surface area is 157 Å². The third kappa shape index (κ3) is 2.45. The highest BCUT2D eigenvalue weighted by Gasteiger charge is 2.57. The Morgan fingerprint density at radius 3 is 2.75 bits per heavy atom. The molecule has 1 aromatic carbocycles. The van der Waals surface area contributed by atoms with Gasteiger partial charge in [-0.1, -0.05) is 50.6 Å². The van der Waals surface area contributed by atoms with Crippen LogP contribution >= 0.6 is 31.9 Å². The molecule has 0 spiro atoms. The van der Waals surface area contributed by atoms with E-state index in [0.29, 0.717) is 17.6 Å². The summed E-state index contributed by atoms with van der Waals surface area (Å²) >= 11 is 7.05. The topological polar surface area (TPSA) is 54.4 Å². The van der Waals surface area contributed by atoms with Crippen molar-refractivity contribution in [1.29, 1.82) is 0 Å². The molecule has 0 aromatic heterocycles. The molecule has 2 aliphatic rings. The standard InChI is InChI=1S/C19H16Br2O3/c1-3-11-4-6-14-16(23)8-10(2)18(24)19(14,21)17(11)13-9-12(20)5-7-15(13)22/h3-5,7-9,14,17,22H,1,6H2,2H3/t14-,17+,19-/m0/s1. The number of rotatable bonds is 2. The number of benzene rings is 1. The van der Waals surface area contributed by atoms with Crippen LogP contribution in [0.1, 0.15) is 24.8 Å². The first kappa shape index (κ1) is 17.4. The summed E-state index contributed by atoms with van der Waals surface area (Å²) in [6.07, 6.45) is 5.51. The van der Waals surface area contributed by atoms with E-state index < -0.39 is 16.2 Å². The zero-order valence-electron chi connectivity index (χ0n) is 13.1. The van der Waals surface area contributed by atoms with Gasteiger partial charge in [-0.3, -0.25) is 9.59 Å². The van der Waals surface area contributed by atoms with E-state index in [9.17, 15) is 14.7 Å². The summed E-state index contributed by atoms with van der Waals surface area (Å²) in [4.78, 5) is 25.6. The highest BCUT2D eigenvalue weighted by atomic mass is 79.9. The van der Waals surface area contributed by atoms with Crippen LogP contribution in [-0.2, 0) is 9.59 Å². The summed E-state index contributed by atoms with van der Waals surface area (Å²) in [5, 5.41) is 10.4. The van der Waals surface area contributed by atoms with Crippen LogP contribution < -0.4 is 0 Å². The minimum absolute atomic E-state index is 0.0668. The van der Waals surface area contributed by atoms with E-state index in [2.05, 4.69) is 38.4 Å². The second kappa shape index (κ2) is 6.12. The highest BCUT2D eigenvalue weighted by molar-refractivity contribution is 9.10. The van der Waals surface area contributed by atoms with Crippen molar-refractivity contribution in [2.45, 2.75) is 23.6 Å². The fourth-order valence-electron chi connectivity index (χ4n) is 3.64. The predicted molar refractivity (Wildman–Crippen MR) is 100 cm³/mol. The molecule has 0 unspecified atom stereocenters. The minimum Gasteiger partial charge on any atom is -0.508 e. The average molecular weight is 452 g/mol. The molecule has 0 heterocycles. The molecule has 3 rings (SSSR count). The lowest BCUT2D eigenvalue weighted by Gasteiger charge is -2.45. The molecule has 0 amide bonds. The molecule has 3 atom stereocenters. The number of carbonyl (C=O) groups is 2. The Bertz CT molecular complexity index is 822. The summed E-state index contributed by atoms with van der Waals surface area (Å²) in [5.74, 6) is -1.10. The molecule has 0 saturated carbocycles. The smallest absolute Gasteiger partial charge is 0.177 e. The lowest BCUT2D eigenvalue weighted by Crippen LogP contribution is -2.53. The number of hydrogen-bond donors (Lipinski definition) is 1. The van der Waals surface area contributed by atoms with Gasteiger partial charge in [0.2, 0.25) is 0 Å². The van der Waals surface area contributed by atoms with Crippen LogP contribution in [0.4, 0.5) is 0 Å². The normalized spacial score (nSPS) is 29.6. The number of ketones is 2. The number of Topliss-reactive ketones (excluding diaryl/α,β-unsaturated/α-hetero) is 1. The third-order valence-electron chi connectivity index (χ3n) is 4.79. The molecule has 0 fully saturated rings. The predicted octanol–water partition coefficient (Wildman–Crippen LogP) is 4.60. The second-order valence-electron chi connectivity index (χ2n) is 6.16. The fraction of sp³-hybridized carbons (Fsp3) is 0.263. The second-order valence-corrected chi connectivity index (χ2v) is 8.39. The van der Waals surface area contributed by atoms with Gasteiger partial charge in [-0.15, -0.1) is 0 Å². The molecule has 0 aliphatic heterocycles. The molecule has 124 valence electrons. The fourth-order valence-corrected chi connectivity index (χ4v) is 5.26. The Morgan fingerprint density at radius 2 is 2.08 bits per heavy atom. The van der Waals surface area contributed by atoms with Gasteiger partial charge in [-0.2, -0.15) is 0 Å². The van der Waals surface area contributed by atoms with Crippen LogP contribution in [0.25, 0.3) is 0 Å². The van der Waals surface area contributed by atoms with E-state index in [1.54, 1.807) is 31.2 Å². The number of phenolic OH excluding ortho intramolecular Hbond substituents is 1. The van der Waals surface area contributed by atoms with E-state index in [-0.39, 0.29) is 17.3 Å². The molecule has 24 heavy (non-hydrogen) atoms. The molecule has 5 heteroatoms. The molecule has 2 aliphatic carbocycles. The van der Waals surface area contributed by atoms with Crippen molar-refractivity contribution < 1.29 is 14.7 Å². The van der Waals surface area contributed by atoms with Crippen LogP contribution in [0.5, 0.6) is 5.75 Å². The number of alkyl halides is 1. The lowest BCUT2D eigenvalue weighted by molar-refractivity contribution is -0.128. The van der Waals surface area contributed by atoms with Crippen LogP contribution in [0.3, 0.4) is 0 Å². The number of fused-ring (bicyclic) bond motifs is 1. The van der Waals surface area contributed by atoms with Gasteiger partial charge in [-0.25, -0.2) is 0 Å².